The van der Waals surface area contributed by atoms with Gasteiger partial charge in [-0.3, -0.25) is 20.2 Å². The van der Waals surface area contributed by atoms with Gasteiger partial charge in [0, 0.05) is 23.4 Å². The highest BCUT2D eigenvalue weighted by atomic mass is 32.2. The van der Waals surface area contributed by atoms with Crippen molar-refractivity contribution >= 4 is 39.8 Å². The minimum Gasteiger partial charge on any atom is -0.296 e. The minimum atomic E-state index is -0.524. The molecule has 8 nitrogen and oxygen atoms in total. The third-order valence-electron chi connectivity index (χ3n) is 3.41. The number of carbonyl (C=O) groups excluding carboxylic acids is 1. The Balaban J connectivity index is 1.57. The Kier molecular flexibility index (Phi) is 5.75. The maximum Gasteiger partial charge on any atom is 0.269 e. The lowest BCUT2D eigenvalue weighted by Crippen LogP contribution is -2.11. The number of non-ortho nitro benzene ring substituents is 1. The zero-order valence-corrected chi connectivity index (χ0v) is 15.3. The topological polar surface area (TPSA) is 122 Å². The van der Waals surface area contributed by atoms with Gasteiger partial charge >= 0.3 is 0 Å². The Morgan fingerprint density at radius 2 is 1.89 bits per heavy atom. The SMILES string of the molecule is N#Cc1ccc(CSc2nnc(NC(=O)c3ccc([N+](=O)[O-])cc3)s2)cc1. The molecule has 0 atom stereocenters. The van der Waals surface area contributed by atoms with Crippen LogP contribution in [-0.4, -0.2) is 21.0 Å². The number of amides is 1. The van der Waals surface area contributed by atoms with Gasteiger partial charge in [-0.25, -0.2) is 0 Å². The average Bonchev–Trinajstić information content (AvgIpc) is 3.14. The Labute approximate surface area is 162 Å². The molecular formula is C17H11N5O3S2. The third-order valence-corrected chi connectivity index (χ3v) is 5.46. The number of rotatable bonds is 6. The van der Waals surface area contributed by atoms with E-state index in [4.69, 9.17) is 5.26 Å². The fourth-order valence-electron chi connectivity index (χ4n) is 2.04. The van der Waals surface area contributed by atoms with E-state index in [1.165, 1.54) is 47.4 Å². The summed E-state index contributed by atoms with van der Waals surface area (Å²) in [6, 6.07) is 14.7. The summed E-state index contributed by atoms with van der Waals surface area (Å²) in [4.78, 5) is 22.3. The summed E-state index contributed by atoms with van der Waals surface area (Å²) in [5, 5.41) is 30.4. The molecular weight excluding hydrogens is 386 g/mol. The Morgan fingerprint density at radius 3 is 2.52 bits per heavy atom. The summed E-state index contributed by atoms with van der Waals surface area (Å²) in [7, 11) is 0. The van der Waals surface area contributed by atoms with Crippen molar-refractivity contribution in [2.45, 2.75) is 10.1 Å². The quantitative estimate of drug-likeness (QED) is 0.290. The van der Waals surface area contributed by atoms with E-state index in [1.807, 2.05) is 12.1 Å². The van der Waals surface area contributed by atoms with Crippen LogP contribution >= 0.6 is 23.1 Å². The van der Waals surface area contributed by atoms with Crippen LogP contribution in [0, 0.1) is 21.4 Å². The lowest BCUT2D eigenvalue weighted by atomic mass is 10.2. The van der Waals surface area contributed by atoms with Crippen molar-refractivity contribution in [1.82, 2.24) is 10.2 Å². The van der Waals surface area contributed by atoms with Crippen molar-refractivity contribution in [3.05, 3.63) is 75.3 Å². The highest BCUT2D eigenvalue weighted by molar-refractivity contribution is 8.00. The van der Waals surface area contributed by atoms with Crippen LogP contribution in [-0.2, 0) is 5.75 Å². The van der Waals surface area contributed by atoms with Gasteiger partial charge in [0.05, 0.1) is 16.6 Å². The fourth-order valence-corrected chi connectivity index (χ4v) is 3.75. The van der Waals surface area contributed by atoms with Gasteiger partial charge in [0.2, 0.25) is 5.13 Å². The molecule has 2 aromatic carbocycles. The van der Waals surface area contributed by atoms with E-state index < -0.39 is 10.8 Å². The number of nitrogens with one attached hydrogen (secondary N) is 1. The maximum absolute atomic E-state index is 12.2. The van der Waals surface area contributed by atoms with Crippen LogP contribution in [0.5, 0.6) is 0 Å². The van der Waals surface area contributed by atoms with E-state index in [-0.39, 0.29) is 5.69 Å². The monoisotopic (exact) mass is 397 g/mol. The predicted octanol–water partition coefficient (Wildman–Crippen LogP) is 3.86. The van der Waals surface area contributed by atoms with Gasteiger partial charge in [-0.05, 0) is 29.8 Å². The van der Waals surface area contributed by atoms with Crippen molar-refractivity contribution < 1.29 is 9.72 Å². The van der Waals surface area contributed by atoms with Crippen LogP contribution in [0.2, 0.25) is 0 Å². The molecule has 1 amide bonds. The normalized spacial score (nSPS) is 10.2. The molecule has 0 aliphatic rings. The number of thioether (sulfide) groups is 1. The summed E-state index contributed by atoms with van der Waals surface area (Å²) in [6.45, 7) is 0. The van der Waals surface area contributed by atoms with Crippen molar-refractivity contribution in [3.63, 3.8) is 0 Å². The highest BCUT2D eigenvalue weighted by Crippen LogP contribution is 2.28. The molecule has 0 unspecified atom stereocenters. The standard InChI is InChI=1S/C17H11N5O3S2/c18-9-11-1-3-12(4-2-11)10-26-17-21-20-16(27-17)19-15(23)13-5-7-14(8-6-13)22(24)25/h1-8H,10H2,(H,19,20,23). The second-order valence-corrected chi connectivity index (χ2v) is 7.43. The fraction of sp³-hybridized carbons (Fsp3) is 0.0588. The number of nitro groups is 1. The maximum atomic E-state index is 12.2. The summed E-state index contributed by atoms with van der Waals surface area (Å²) in [6.07, 6.45) is 0. The molecule has 0 saturated carbocycles. The Bertz CT molecular complexity index is 1010. The molecule has 0 bridgehead atoms. The van der Waals surface area contributed by atoms with Gasteiger partial charge < -0.3 is 0 Å². The van der Waals surface area contributed by atoms with Crippen LogP contribution in [0.1, 0.15) is 21.5 Å². The minimum absolute atomic E-state index is 0.0797. The van der Waals surface area contributed by atoms with Crippen molar-refractivity contribution in [3.8, 4) is 6.07 Å². The lowest BCUT2D eigenvalue weighted by molar-refractivity contribution is -0.384. The molecule has 3 rings (SSSR count). The van der Waals surface area contributed by atoms with Crippen LogP contribution in [0.15, 0.2) is 52.9 Å². The van der Waals surface area contributed by atoms with Gasteiger partial charge in [0.25, 0.3) is 11.6 Å². The van der Waals surface area contributed by atoms with Crippen molar-refractivity contribution in [1.29, 1.82) is 5.26 Å². The molecule has 0 spiro atoms. The number of carbonyl (C=O) groups is 1. The van der Waals surface area contributed by atoms with Crippen LogP contribution in [0.25, 0.3) is 0 Å². The molecule has 0 fully saturated rings. The number of nitriles is 1. The number of nitrogens with zero attached hydrogens (tertiary/aromatic N) is 4. The van der Waals surface area contributed by atoms with Gasteiger partial charge in [0.15, 0.2) is 4.34 Å². The molecule has 10 heteroatoms. The second kappa shape index (κ2) is 8.39. The first-order valence-corrected chi connectivity index (χ1v) is 9.36. The molecule has 1 heterocycles. The van der Waals surface area contributed by atoms with Crippen molar-refractivity contribution in [2.75, 3.05) is 5.32 Å². The Hall–Kier alpha value is -3.29. The number of hydrogen-bond acceptors (Lipinski definition) is 8. The van der Waals surface area contributed by atoms with Gasteiger partial charge in [-0.2, -0.15) is 5.26 Å². The van der Waals surface area contributed by atoms with Crippen LogP contribution < -0.4 is 5.32 Å². The molecule has 1 N–H and O–H groups in total. The largest absolute Gasteiger partial charge is 0.296 e. The number of hydrogen-bond donors (Lipinski definition) is 1. The number of nitro benzene ring substituents is 1. The number of benzene rings is 2. The molecule has 0 saturated heterocycles. The molecule has 0 aliphatic carbocycles. The summed E-state index contributed by atoms with van der Waals surface area (Å²) < 4.78 is 0.693. The molecule has 0 radical (unpaired) electrons. The molecule has 134 valence electrons. The first-order valence-electron chi connectivity index (χ1n) is 7.56. The average molecular weight is 397 g/mol. The zero-order chi connectivity index (χ0) is 19.2. The van der Waals surface area contributed by atoms with E-state index in [0.717, 1.165) is 5.56 Å². The first kappa shape index (κ1) is 18.5. The van der Waals surface area contributed by atoms with E-state index >= 15 is 0 Å². The summed E-state index contributed by atoms with van der Waals surface area (Å²) in [5.41, 5.74) is 1.87. The molecule has 27 heavy (non-hydrogen) atoms. The first-order chi connectivity index (χ1) is 13.0. The molecule has 0 aliphatic heterocycles. The lowest BCUT2D eigenvalue weighted by Gasteiger charge is -2.00. The third kappa shape index (κ3) is 4.87. The van der Waals surface area contributed by atoms with Crippen LogP contribution in [0.3, 0.4) is 0 Å². The van der Waals surface area contributed by atoms with Crippen molar-refractivity contribution in [2.24, 2.45) is 0 Å². The van der Waals surface area contributed by atoms with E-state index in [0.29, 0.717) is 26.4 Å². The Morgan fingerprint density at radius 1 is 1.19 bits per heavy atom. The molecule has 1 aromatic heterocycles. The molecule has 3 aromatic rings. The summed E-state index contributed by atoms with van der Waals surface area (Å²) in [5.74, 6) is 0.251. The predicted molar refractivity (Wildman–Crippen MR) is 102 cm³/mol. The number of anilines is 1. The second-order valence-electron chi connectivity index (χ2n) is 5.23. The van der Waals surface area contributed by atoms with E-state index in [9.17, 15) is 14.9 Å². The van der Waals surface area contributed by atoms with Crippen LogP contribution in [0.4, 0.5) is 10.8 Å². The number of aromatic nitrogens is 2. The van der Waals surface area contributed by atoms with Gasteiger partial charge in [0.1, 0.15) is 0 Å². The van der Waals surface area contributed by atoms with E-state index in [1.54, 1.807) is 12.1 Å². The summed E-state index contributed by atoms with van der Waals surface area (Å²) >= 11 is 2.71. The van der Waals surface area contributed by atoms with E-state index in [2.05, 4.69) is 21.6 Å². The smallest absolute Gasteiger partial charge is 0.269 e. The van der Waals surface area contributed by atoms with Gasteiger partial charge in [-0.1, -0.05) is 35.2 Å². The highest BCUT2D eigenvalue weighted by Gasteiger charge is 2.12. The zero-order valence-electron chi connectivity index (χ0n) is 13.7. The van der Waals surface area contributed by atoms with Gasteiger partial charge in [-0.15, -0.1) is 10.2 Å².